The SMILES string of the molecule is CCOc1ccc(-c2nc(NC(=O)CN3CN(C4(C)C(=O)C(C)C=c5c4ccc4c5=CC(=O)c5ccccc5-4)c4ncncc43)n(O)c2-c2ccccc2)cc1. The van der Waals surface area contributed by atoms with Crippen LogP contribution in [0.15, 0.2) is 104 Å². The van der Waals surface area contributed by atoms with E-state index in [0.29, 0.717) is 46.4 Å². The van der Waals surface area contributed by atoms with Gasteiger partial charge >= 0.3 is 0 Å². The van der Waals surface area contributed by atoms with E-state index >= 15 is 0 Å². The van der Waals surface area contributed by atoms with Crippen molar-refractivity contribution in [3.8, 4) is 39.4 Å². The Hall–Kier alpha value is -7.08. The molecule has 3 heterocycles. The molecule has 2 aromatic heterocycles. The second-order valence-electron chi connectivity index (χ2n) is 14.2. The molecular weight excluding hydrogens is 707 g/mol. The van der Waals surface area contributed by atoms with E-state index in [1.165, 1.54) is 6.33 Å². The number of Topliss-reactive ketones (excluding diaryl/α,β-unsaturated/α-hetero) is 2. The Labute approximate surface area is 322 Å². The normalized spacial score (nSPS) is 17.9. The monoisotopic (exact) mass is 743 g/mol. The highest BCUT2D eigenvalue weighted by Gasteiger charge is 2.50. The van der Waals surface area contributed by atoms with Crippen LogP contribution in [0, 0.1) is 5.92 Å². The molecule has 9 rings (SSSR count). The van der Waals surface area contributed by atoms with Crippen LogP contribution in [0.1, 0.15) is 36.7 Å². The summed E-state index contributed by atoms with van der Waals surface area (Å²) in [6, 6.07) is 28.2. The van der Waals surface area contributed by atoms with Gasteiger partial charge in [0.1, 0.15) is 34.7 Å². The molecule has 2 N–H and O–H groups in total. The van der Waals surface area contributed by atoms with Crippen molar-refractivity contribution >= 4 is 47.1 Å². The number of amides is 1. The van der Waals surface area contributed by atoms with Gasteiger partial charge in [-0.3, -0.25) is 19.7 Å². The van der Waals surface area contributed by atoms with Crippen LogP contribution in [-0.2, 0) is 15.1 Å². The van der Waals surface area contributed by atoms with Crippen LogP contribution in [0.2, 0.25) is 0 Å². The average Bonchev–Trinajstić information content (AvgIpc) is 3.75. The van der Waals surface area contributed by atoms with Gasteiger partial charge in [0.25, 0.3) is 0 Å². The summed E-state index contributed by atoms with van der Waals surface area (Å²) >= 11 is 0. The molecule has 3 aliphatic rings. The lowest BCUT2D eigenvalue weighted by molar-refractivity contribution is -0.126. The molecule has 4 aromatic carbocycles. The number of benzene rings is 4. The first-order valence-corrected chi connectivity index (χ1v) is 18.5. The van der Waals surface area contributed by atoms with Crippen LogP contribution in [0.4, 0.5) is 17.5 Å². The quantitative estimate of drug-likeness (QED) is 0.194. The largest absolute Gasteiger partial charge is 0.494 e. The lowest BCUT2D eigenvalue weighted by atomic mass is 9.73. The third kappa shape index (κ3) is 5.44. The number of hydrogen-bond acceptors (Lipinski definition) is 10. The van der Waals surface area contributed by atoms with Crippen LogP contribution < -0.4 is 30.3 Å². The molecule has 6 aromatic rings. The highest BCUT2D eigenvalue weighted by molar-refractivity contribution is 6.22. The number of ether oxygens (including phenoxy) is 1. The number of anilines is 3. The van der Waals surface area contributed by atoms with Crippen LogP contribution in [0.5, 0.6) is 5.75 Å². The lowest BCUT2D eigenvalue weighted by Crippen LogP contribution is -2.59. The van der Waals surface area contributed by atoms with Crippen molar-refractivity contribution in [3.05, 3.63) is 125 Å². The number of ketones is 2. The van der Waals surface area contributed by atoms with Crippen molar-refractivity contribution in [2.45, 2.75) is 26.3 Å². The zero-order valence-corrected chi connectivity index (χ0v) is 30.9. The Balaban J connectivity index is 1.05. The summed E-state index contributed by atoms with van der Waals surface area (Å²) in [5.41, 5.74) is 4.87. The van der Waals surface area contributed by atoms with Crippen molar-refractivity contribution in [1.29, 1.82) is 0 Å². The number of imidazole rings is 1. The van der Waals surface area contributed by atoms with E-state index in [0.717, 1.165) is 37.4 Å². The predicted octanol–water partition coefficient (Wildman–Crippen LogP) is 5.42. The number of rotatable bonds is 8. The van der Waals surface area contributed by atoms with Gasteiger partial charge in [-0.1, -0.05) is 79.7 Å². The third-order valence-corrected chi connectivity index (χ3v) is 10.9. The summed E-state index contributed by atoms with van der Waals surface area (Å²) in [7, 11) is 0. The van der Waals surface area contributed by atoms with Gasteiger partial charge in [0.05, 0.1) is 26.0 Å². The summed E-state index contributed by atoms with van der Waals surface area (Å²) in [6.07, 6.45) is 6.67. The lowest BCUT2D eigenvalue weighted by Gasteiger charge is -2.42. The summed E-state index contributed by atoms with van der Waals surface area (Å²) in [4.78, 5) is 59.0. The highest BCUT2D eigenvalue weighted by Crippen LogP contribution is 2.44. The van der Waals surface area contributed by atoms with E-state index in [4.69, 9.17) is 9.72 Å². The smallest absolute Gasteiger partial charge is 0.246 e. The van der Waals surface area contributed by atoms with Crippen LogP contribution in [0.25, 0.3) is 45.8 Å². The van der Waals surface area contributed by atoms with E-state index in [1.807, 2.05) is 123 Å². The predicted molar refractivity (Wildman–Crippen MR) is 213 cm³/mol. The summed E-state index contributed by atoms with van der Waals surface area (Å²) in [5, 5.41) is 15.9. The number of aromatic nitrogens is 4. The first-order valence-electron chi connectivity index (χ1n) is 18.5. The van der Waals surface area contributed by atoms with E-state index in [1.54, 1.807) is 17.2 Å². The van der Waals surface area contributed by atoms with Gasteiger partial charge in [0.2, 0.25) is 11.9 Å². The highest BCUT2D eigenvalue weighted by atomic mass is 16.5. The molecule has 56 heavy (non-hydrogen) atoms. The van der Waals surface area contributed by atoms with Crippen LogP contribution in [0.3, 0.4) is 0 Å². The molecule has 2 atom stereocenters. The van der Waals surface area contributed by atoms with Gasteiger partial charge in [0, 0.05) is 22.6 Å². The Kier molecular flexibility index (Phi) is 8.26. The van der Waals surface area contributed by atoms with Crippen molar-refractivity contribution < 1.29 is 24.3 Å². The maximum absolute atomic E-state index is 14.4. The van der Waals surface area contributed by atoms with Crippen molar-refractivity contribution in [2.24, 2.45) is 5.92 Å². The van der Waals surface area contributed by atoms with Gasteiger partial charge < -0.3 is 19.7 Å². The molecule has 1 aliphatic heterocycles. The minimum atomic E-state index is -1.21. The van der Waals surface area contributed by atoms with Crippen LogP contribution in [-0.4, -0.2) is 62.2 Å². The fourth-order valence-corrected chi connectivity index (χ4v) is 8.26. The summed E-state index contributed by atoms with van der Waals surface area (Å²) in [5.74, 6) is 0.0983. The third-order valence-electron chi connectivity index (χ3n) is 10.9. The van der Waals surface area contributed by atoms with E-state index in [2.05, 4.69) is 15.3 Å². The second-order valence-corrected chi connectivity index (χ2v) is 14.2. The zero-order chi connectivity index (χ0) is 38.7. The molecule has 2 aliphatic carbocycles. The maximum atomic E-state index is 14.4. The van der Waals surface area contributed by atoms with E-state index in [-0.39, 0.29) is 30.7 Å². The summed E-state index contributed by atoms with van der Waals surface area (Å²) in [6.45, 7) is 6.17. The Morgan fingerprint density at radius 3 is 2.45 bits per heavy atom. The molecule has 278 valence electrons. The zero-order valence-electron chi connectivity index (χ0n) is 30.9. The molecule has 0 bridgehead atoms. The molecule has 2 unspecified atom stereocenters. The molecule has 0 saturated heterocycles. The molecule has 12 heteroatoms. The average molecular weight is 744 g/mol. The summed E-state index contributed by atoms with van der Waals surface area (Å²) < 4.78 is 6.51. The minimum absolute atomic E-state index is 0.0408. The van der Waals surface area contributed by atoms with Gasteiger partial charge in [0.15, 0.2) is 17.4 Å². The molecule has 0 spiro atoms. The molecule has 0 fully saturated rings. The fourth-order valence-electron chi connectivity index (χ4n) is 8.26. The number of hydrogen-bond donors (Lipinski definition) is 2. The number of nitrogens with zero attached hydrogens (tertiary/aromatic N) is 6. The molecule has 0 saturated carbocycles. The first-order chi connectivity index (χ1) is 27.2. The molecule has 12 nitrogen and oxygen atoms in total. The molecular formula is C44H37N7O5. The molecule has 1 amide bonds. The minimum Gasteiger partial charge on any atom is -0.494 e. The Morgan fingerprint density at radius 2 is 1.68 bits per heavy atom. The Morgan fingerprint density at radius 1 is 0.929 bits per heavy atom. The Bertz CT molecular complexity index is 2710. The first kappa shape index (κ1) is 34.7. The second kappa shape index (κ2) is 13.3. The molecule has 0 radical (unpaired) electrons. The van der Waals surface area contributed by atoms with E-state index in [9.17, 15) is 19.6 Å². The van der Waals surface area contributed by atoms with Crippen molar-refractivity contribution in [3.63, 3.8) is 0 Å². The number of carbonyl (C=O) groups is 3. The van der Waals surface area contributed by atoms with Crippen molar-refractivity contribution in [1.82, 2.24) is 19.7 Å². The van der Waals surface area contributed by atoms with E-state index < -0.39 is 17.4 Å². The number of nitrogens with one attached hydrogen (secondary N) is 1. The van der Waals surface area contributed by atoms with Gasteiger partial charge in [-0.2, -0.15) is 0 Å². The van der Waals surface area contributed by atoms with Crippen molar-refractivity contribution in [2.75, 3.05) is 34.9 Å². The van der Waals surface area contributed by atoms with Gasteiger partial charge in [-0.05, 0) is 71.3 Å². The fraction of sp³-hybridized carbons (Fsp3) is 0.182. The maximum Gasteiger partial charge on any atom is 0.246 e. The number of fused-ring (bicyclic) bond motifs is 6. The van der Waals surface area contributed by atoms with Gasteiger partial charge in [-0.15, -0.1) is 4.73 Å². The number of carbonyl (C=O) groups excluding carboxylic acids is 3. The van der Waals surface area contributed by atoms with Crippen LogP contribution >= 0.6 is 0 Å². The topological polar surface area (TPSA) is 143 Å². The van der Waals surface area contributed by atoms with Gasteiger partial charge in [-0.25, -0.2) is 15.0 Å². The standard InChI is InChI=1S/C44H37N7O5/c1-4-56-29-16-14-27(15-17-29)39-40(28-10-6-5-7-11-28)51(55)43(48-39)47-38(53)23-49-25-50(42-36(49)22-45-24-46-42)44(3)35-19-18-31-30-12-8-9-13-32(30)37(52)21-33(31)34(35)20-26(2)41(44)54/h5-22,24,26,55H,4,23,25H2,1-3H3,(H,47,48,53).